The van der Waals surface area contributed by atoms with E-state index in [9.17, 15) is 14.7 Å². The van der Waals surface area contributed by atoms with Gasteiger partial charge in [-0.1, -0.05) is 72.6 Å². The lowest BCUT2D eigenvalue weighted by molar-refractivity contribution is -0.148. The van der Waals surface area contributed by atoms with Gasteiger partial charge in [0.05, 0.1) is 0 Å². The van der Waals surface area contributed by atoms with Gasteiger partial charge in [-0.15, -0.1) is 0 Å². The summed E-state index contributed by atoms with van der Waals surface area (Å²) in [5.74, 6) is -1.35. The summed E-state index contributed by atoms with van der Waals surface area (Å²) in [4.78, 5) is 24.6. The van der Waals surface area contributed by atoms with Crippen LogP contribution in [0.15, 0.2) is 35.8 Å². The zero-order chi connectivity index (χ0) is 21.8. The van der Waals surface area contributed by atoms with Gasteiger partial charge in [0.2, 0.25) is 6.10 Å². The number of cyclic esters (lactones) is 1. The molecule has 1 aliphatic rings. The van der Waals surface area contributed by atoms with Crippen molar-refractivity contribution in [3.63, 3.8) is 0 Å². The Kier molecular flexibility index (Phi) is 7.15. The smallest absolute Gasteiger partial charge is 0.379 e. The number of hydrogen-bond donors (Lipinski definition) is 1. The van der Waals surface area contributed by atoms with Crippen LogP contribution in [0.25, 0.3) is 0 Å². The number of para-hydroxylation sites is 1. The van der Waals surface area contributed by atoms with Gasteiger partial charge in [0, 0.05) is 12.0 Å². The summed E-state index contributed by atoms with van der Waals surface area (Å²) in [6.07, 6.45) is 2.50. The molecule has 29 heavy (non-hydrogen) atoms. The lowest BCUT2D eigenvalue weighted by Gasteiger charge is -2.34. The van der Waals surface area contributed by atoms with E-state index < -0.39 is 17.8 Å². The van der Waals surface area contributed by atoms with Crippen LogP contribution >= 0.6 is 0 Å². The van der Waals surface area contributed by atoms with Crippen molar-refractivity contribution in [2.45, 2.75) is 85.2 Å². The molecule has 0 radical (unpaired) electrons. The molecule has 0 fully saturated rings. The maximum atomic E-state index is 12.3. The van der Waals surface area contributed by atoms with Gasteiger partial charge >= 0.3 is 5.97 Å². The molecular weight excluding hydrogens is 368 g/mol. The van der Waals surface area contributed by atoms with E-state index in [0.29, 0.717) is 12.2 Å². The van der Waals surface area contributed by atoms with Crippen LogP contribution in [-0.2, 0) is 19.7 Å². The summed E-state index contributed by atoms with van der Waals surface area (Å²) in [6, 6.07) is 7.47. The molecule has 5 heteroatoms. The number of carbonyl (C=O) groups excluding carboxylic acids is 2. The summed E-state index contributed by atoms with van der Waals surface area (Å²) in [7, 11) is 0. The number of unbranched alkanes of at least 4 members (excludes halogenated alkanes) is 2. The molecule has 0 amide bonds. The van der Waals surface area contributed by atoms with Crippen molar-refractivity contribution in [1.82, 2.24) is 0 Å². The molecule has 1 aliphatic heterocycles. The second kappa shape index (κ2) is 9.02. The highest BCUT2D eigenvalue weighted by molar-refractivity contribution is 5.98. The number of rotatable bonds is 9. The average Bonchev–Trinajstić information content (AvgIpc) is 2.88. The molecule has 1 N–H and O–H groups in total. The van der Waals surface area contributed by atoms with Crippen molar-refractivity contribution in [2.24, 2.45) is 5.41 Å². The van der Waals surface area contributed by atoms with Crippen molar-refractivity contribution >= 4 is 11.8 Å². The Labute approximate surface area is 174 Å². The molecule has 0 saturated heterocycles. The molecule has 0 aliphatic carbocycles. The van der Waals surface area contributed by atoms with E-state index in [1.165, 1.54) is 0 Å². The van der Waals surface area contributed by atoms with E-state index in [2.05, 4.69) is 34.6 Å². The van der Waals surface area contributed by atoms with Crippen molar-refractivity contribution < 1.29 is 24.2 Å². The highest BCUT2D eigenvalue weighted by Crippen LogP contribution is 2.41. The summed E-state index contributed by atoms with van der Waals surface area (Å²) in [5, 5.41) is 10.5. The molecule has 1 heterocycles. The van der Waals surface area contributed by atoms with Gasteiger partial charge < -0.3 is 14.6 Å². The maximum absolute atomic E-state index is 12.3. The van der Waals surface area contributed by atoms with Gasteiger partial charge in [0.1, 0.15) is 5.75 Å². The third kappa shape index (κ3) is 5.84. The van der Waals surface area contributed by atoms with Crippen molar-refractivity contribution in [3.8, 4) is 5.75 Å². The third-order valence-electron chi connectivity index (χ3n) is 5.01. The number of ether oxygens (including phenoxy) is 2. The van der Waals surface area contributed by atoms with E-state index in [1.807, 2.05) is 25.1 Å². The first kappa shape index (κ1) is 23.0. The van der Waals surface area contributed by atoms with Crippen molar-refractivity contribution in [3.05, 3.63) is 41.3 Å². The van der Waals surface area contributed by atoms with Gasteiger partial charge in [0.15, 0.2) is 11.5 Å². The van der Waals surface area contributed by atoms with Gasteiger partial charge in [-0.05, 0) is 29.7 Å². The fraction of sp³-hybridized carbons (Fsp3) is 0.583. The van der Waals surface area contributed by atoms with Gasteiger partial charge in [0.25, 0.3) is 5.76 Å². The molecule has 0 spiro atoms. The molecule has 2 rings (SSSR count). The Balaban J connectivity index is 2.27. The minimum absolute atomic E-state index is 0.0975. The highest BCUT2D eigenvalue weighted by atomic mass is 16.6. The first-order chi connectivity index (χ1) is 13.5. The van der Waals surface area contributed by atoms with E-state index in [-0.39, 0.29) is 28.8 Å². The van der Waals surface area contributed by atoms with Crippen molar-refractivity contribution in [1.29, 1.82) is 0 Å². The molecule has 1 atom stereocenters. The first-order valence-corrected chi connectivity index (χ1v) is 10.4. The lowest BCUT2D eigenvalue weighted by Crippen LogP contribution is -2.25. The first-order valence-electron chi connectivity index (χ1n) is 10.4. The zero-order valence-electron chi connectivity index (χ0n) is 18.5. The number of carbonyl (C=O) groups is 2. The molecule has 0 bridgehead atoms. The predicted octanol–water partition coefficient (Wildman–Crippen LogP) is 5.62. The van der Waals surface area contributed by atoms with Crippen LogP contribution in [0.5, 0.6) is 5.75 Å². The molecule has 0 saturated carbocycles. The molecule has 5 nitrogen and oxygen atoms in total. The number of ketones is 1. The van der Waals surface area contributed by atoms with Crippen LogP contribution in [0.4, 0.5) is 0 Å². The molecule has 1 aromatic rings. The number of esters is 1. The van der Waals surface area contributed by atoms with Crippen molar-refractivity contribution in [2.75, 3.05) is 0 Å². The number of benzene rings is 1. The molecule has 160 valence electrons. The topological polar surface area (TPSA) is 72.8 Å². The maximum Gasteiger partial charge on any atom is 0.379 e. The second-order valence-electron chi connectivity index (χ2n) is 9.64. The van der Waals surface area contributed by atoms with Gasteiger partial charge in [-0.25, -0.2) is 4.79 Å². The van der Waals surface area contributed by atoms with Crippen LogP contribution in [0.1, 0.15) is 79.2 Å². The summed E-state index contributed by atoms with van der Waals surface area (Å²) in [5.41, 5.74) is 0.809. The Hall–Kier alpha value is -2.30. The van der Waals surface area contributed by atoms with E-state index in [1.54, 1.807) is 6.07 Å². The Morgan fingerprint density at radius 3 is 2.41 bits per heavy atom. The predicted molar refractivity (Wildman–Crippen MR) is 113 cm³/mol. The molecule has 1 unspecified atom stereocenters. The lowest BCUT2D eigenvalue weighted by atomic mass is 9.72. The minimum Gasteiger partial charge on any atom is -0.505 e. The summed E-state index contributed by atoms with van der Waals surface area (Å²) < 4.78 is 11.0. The second-order valence-corrected chi connectivity index (χ2v) is 9.64. The van der Waals surface area contributed by atoms with Crippen LogP contribution in [0, 0.1) is 5.41 Å². The van der Waals surface area contributed by atoms with E-state index in [4.69, 9.17) is 9.47 Å². The Morgan fingerprint density at radius 2 is 1.79 bits per heavy atom. The van der Waals surface area contributed by atoms with Crippen LogP contribution in [0.2, 0.25) is 0 Å². The zero-order valence-corrected chi connectivity index (χ0v) is 18.5. The number of Topliss-reactive ketones (excluding diaryl/α,β-unsaturated/α-hetero) is 1. The average molecular weight is 403 g/mol. The Morgan fingerprint density at radius 1 is 1.14 bits per heavy atom. The summed E-state index contributed by atoms with van der Waals surface area (Å²) in [6.45, 7) is 12.8. The fourth-order valence-electron chi connectivity index (χ4n) is 4.08. The number of aliphatic hydroxyl groups excluding tert-OH is 1. The van der Waals surface area contributed by atoms with E-state index in [0.717, 1.165) is 24.8 Å². The highest BCUT2D eigenvalue weighted by Gasteiger charge is 2.41. The standard InChI is InChI=1S/C24H34O5/c1-7-8-9-13-17(25)20-19(26)21(22(27)29-20)28-18-14-11-10-12-16(18)24(5,6)15-23(2,3)4/h10-12,14,20,26H,7-9,13,15H2,1-6H3. The number of hydrogen-bond acceptors (Lipinski definition) is 5. The normalized spacial score (nSPS) is 17.4. The van der Waals surface area contributed by atoms with Crippen LogP contribution < -0.4 is 4.74 Å². The van der Waals surface area contributed by atoms with Gasteiger partial charge in [-0.3, -0.25) is 4.79 Å². The van der Waals surface area contributed by atoms with E-state index >= 15 is 0 Å². The van der Waals surface area contributed by atoms with Crippen LogP contribution in [-0.4, -0.2) is 23.0 Å². The molecule has 0 aromatic heterocycles. The van der Waals surface area contributed by atoms with Crippen LogP contribution in [0.3, 0.4) is 0 Å². The monoisotopic (exact) mass is 402 g/mol. The fourth-order valence-corrected chi connectivity index (χ4v) is 4.08. The SMILES string of the molecule is CCCCCC(=O)C1OC(=O)C(Oc2ccccc2C(C)(C)CC(C)(C)C)=C1O. The summed E-state index contributed by atoms with van der Waals surface area (Å²) >= 11 is 0. The van der Waals surface area contributed by atoms with Gasteiger partial charge in [-0.2, -0.15) is 0 Å². The minimum atomic E-state index is -1.26. The number of aliphatic hydroxyl groups is 1. The molecule has 1 aromatic carbocycles. The quantitative estimate of drug-likeness (QED) is 0.428. The third-order valence-corrected chi connectivity index (χ3v) is 5.01. The Bertz CT molecular complexity index is 783. The largest absolute Gasteiger partial charge is 0.505 e. The molecular formula is C24H34O5.